The Morgan fingerprint density at radius 3 is 2.71 bits per heavy atom. The Morgan fingerprint density at radius 1 is 1.36 bits per heavy atom. The fourth-order valence-corrected chi connectivity index (χ4v) is 2.87. The van der Waals surface area contributed by atoms with Gasteiger partial charge in [-0.2, -0.15) is 0 Å². The van der Waals surface area contributed by atoms with Gasteiger partial charge in [-0.3, -0.25) is 0 Å². The lowest BCUT2D eigenvalue weighted by molar-refractivity contribution is 0.153. The van der Waals surface area contributed by atoms with Gasteiger partial charge in [0.1, 0.15) is 0 Å². The van der Waals surface area contributed by atoms with E-state index in [9.17, 15) is 8.78 Å². The molecule has 0 amide bonds. The Hall–Kier alpha value is -0.190. The largest absolute Gasteiger partial charge is 0.265 e. The zero-order chi connectivity index (χ0) is 10.3. The molecule has 1 aromatic carbocycles. The highest BCUT2D eigenvalue weighted by Crippen LogP contribution is 2.40. The second-order valence-corrected chi connectivity index (χ2v) is 4.87. The third-order valence-corrected chi connectivity index (χ3v) is 4.14. The highest BCUT2D eigenvalue weighted by atomic mass is 79.9. The summed E-state index contributed by atoms with van der Waals surface area (Å²) in [6.07, 6.45) is -2.48. The molecule has 0 N–H and O–H groups in total. The summed E-state index contributed by atoms with van der Waals surface area (Å²) in [7, 11) is 0. The molecule has 74 valence electrons. The molecule has 2 aromatic rings. The van der Waals surface area contributed by atoms with Crippen molar-refractivity contribution in [1.29, 1.82) is 0 Å². The van der Waals surface area contributed by atoms with Crippen LogP contribution in [0.4, 0.5) is 8.78 Å². The fraction of sp³-hybridized carbons (Fsp3) is 0.111. The Kier molecular flexibility index (Phi) is 2.77. The average molecular weight is 298 g/mol. The van der Waals surface area contributed by atoms with Crippen LogP contribution in [0, 0.1) is 0 Å². The zero-order valence-electron chi connectivity index (χ0n) is 6.73. The van der Waals surface area contributed by atoms with Crippen LogP contribution in [0.3, 0.4) is 0 Å². The van der Waals surface area contributed by atoms with Gasteiger partial charge in [-0.25, -0.2) is 8.78 Å². The van der Waals surface area contributed by atoms with Gasteiger partial charge >= 0.3 is 0 Å². The second kappa shape index (κ2) is 3.76. The number of halogens is 4. The van der Waals surface area contributed by atoms with E-state index >= 15 is 0 Å². The minimum Gasteiger partial charge on any atom is -0.205 e. The molecule has 2 rings (SSSR count). The number of hydrogen-bond donors (Lipinski definition) is 0. The van der Waals surface area contributed by atoms with Crippen molar-refractivity contribution in [2.24, 2.45) is 0 Å². The maximum absolute atomic E-state index is 12.6. The number of hydrogen-bond acceptors (Lipinski definition) is 1. The smallest absolute Gasteiger partial charge is 0.205 e. The van der Waals surface area contributed by atoms with Crippen LogP contribution in [0.5, 0.6) is 0 Å². The number of thiophene rings is 1. The van der Waals surface area contributed by atoms with Crippen LogP contribution in [0.1, 0.15) is 12.0 Å². The summed E-state index contributed by atoms with van der Waals surface area (Å²) in [6, 6.07) is 3.54. The van der Waals surface area contributed by atoms with Crippen molar-refractivity contribution < 1.29 is 8.78 Å². The molecule has 0 saturated heterocycles. The van der Waals surface area contributed by atoms with E-state index in [4.69, 9.17) is 11.6 Å². The molecule has 14 heavy (non-hydrogen) atoms. The molecule has 5 heteroatoms. The van der Waals surface area contributed by atoms with Crippen LogP contribution in [-0.2, 0) is 0 Å². The molecule has 0 spiro atoms. The van der Waals surface area contributed by atoms with Crippen molar-refractivity contribution in [2.75, 3.05) is 0 Å². The van der Waals surface area contributed by atoms with Crippen LogP contribution in [0.25, 0.3) is 10.1 Å². The number of benzene rings is 1. The SMILES string of the molecule is FC(F)c1csc2ccc(Br)c(Cl)c12. The number of fused-ring (bicyclic) bond motifs is 1. The van der Waals surface area contributed by atoms with Crippen LogP contribution in [0.2, 0.25) is 5.02 Å². The van der Waals surface area contributed by atoms with E-state index in [1.165, 1.54) is 16.7 Å². The predicted octanol–water partition coefficient (Wildman–Crippen LogP) is 5.25. The quantitative estimate of drug-likeness (QED) is 0.674. The van der Waals surface area contributed by atoms with Gasteiger partial charge in [-0.1, -0.05) is 11.6 Å². The highest BCUT2D eigenvalue weighted by Gasteiger charge is 2.16. The molecule has 0 aliphatic heterocycles. The lowest BCUT2D eigenvalue weighted by atomic mass is 10.2. The standard InChI is InChI=1S/C9H4BrClF2S/c10-5-1-2-6-7(8(5)11)4(3-14-6)9(12)13/h1-3,9H. The highest BCUT2D eigenvalue weighted by molar-refractivity contribution is 9.10. The molecule has 0 saturated carbocycles. The van der Waals surface area contributed by atoms with Gasteiger partial charge in [-0.15, -0.1) is 11.3 Å². The van der Waals surface area contributed by atoms with Crippen molar-refractivity contribution in [3.63, 3.8) is 0 Å². The fourth-order valence-electron chi connectivity index (χ4n) is 1.25. The normalized spacial score (nSPS) is 11.5. The molecule has 1 heterocycles. The summed E-state index contributed by atoms with van der Waals surface area (Å²) in [5.41, 5.74) is 0.0105. The Labute approximate surface area is 96.6 Å². The Balaban J connectivity index is 2.82. The lowest BCUT2D eigenvalue weighted by Gasteiger charge is -2.01. The molecule has 0 bridgehead atoms. The summed E-state index contributed by atoms with van der Waals surface area (Å²) >= 11 is 10.4. The second-order valence-electron chi connectivity index (χ2n) is 2.73. The zero-order valence-corrected chi connectivity index (χ0v) is 9.89. The van der Waals surface area contributed by atoms with E-state index in [1.54, 1.807) is 12.1 Å². The third kappa shape index (κ3) is 1.55. The molecule has 0 aliphatic rings. The van der Waals surface area contributed by atoms with Crippen molar-refractivity contribution in [2.45, 2.75) is 6.43 Å². The first-order valence-corrected chi connectivity index (χ1v) is 5.79. The maximum atomic E-state index is 12.6. The average Bonchev–Trinajstić information content (AvgIpc) is 2.55. The first-order valence-electron chi connectivity index (χ1n) is 3.74. The van der Waals surface area contributed by atoms with Gasteiger partial charge in [0.05, 0.1) is 5.02 Å². The van der Waals surface area contributed by atoms with Gasteiger partial charge in [0, 0.05) is 25.5 Å². The van der Waals surface area contributed by atoms with Crippen molar-refractivity contribution in [3.8, 4) is 0 Å². The van der Waals surface area contributed by atoms with E-state index < -0.39 is 6.43 Å². The summed E-state index contributed by atoms with van der Waals surface area (Å²) in [5.74, 6) is 0. The molecule has 0 fully saturated rings. The van der Waals surface area contributed by atoms with Crippen LogP contribution in [0.15, 0.2) is 22.0 Å². The van der Waals surface area contributed by atoms with Gasteiger partial charge in [0.2, 0.25) is 0 Å². The first kappa shape index (κ1) is 10.3. The van der Waals surface area contributed by atoms with E-state index in [0.717, 1.165) is 4.70 Å². The Morgan fingerprint density at radius 2 is 2.07 bits per heavy atom. The summed E-state index contributed by atoms with van der Waals surface area (Å²) in [6.45, 7) is 0. The van der Waals surface area contributed by atoms with Crippen molar-refractivity contribution >= 4 is 49.0 Å². The minimum atomic E-state index is -2.48. The molecule has 0 nitrogen and oxygen atoms in total. The van der Waals surface area contributed by atoms with Crippen molar-refractivity contribution in [1.82, 2.24) is 0 Å². The summed E-state index contributed by atoms with van der Waals surface area (Å²) in [4.78, 5) is 0. The molecule has 0 radical (unpaired) electrons. The molecule has 0 atom stereocenters. The lowest BCUT2D eigenvalue weighted by Crippen LogP contribution is -1.81. The minimum absolute atomic E-state index is 0.0105. The molecule has 0 aliphatic carbocycles. The molecule has 1 aromatic heterocycles. The topological polar surface area (TPSA) is 0 Å². The molecular formula is C9H4BrClF2S. The number of alkyl halides is 2. The molecule has 0 unspecified atom stereocenters. The van der Waals surface area contributed by atoms with Crippen LogP contribution in [-0.4, -0.2) is 0 Å². The van der Waals surface area contributed by atoms with Crippen LogP contribution >= 0.6 is 38.9 Å². The predicted molar refractivity (Wildman–Crippen MR) is 59.5 cm³/mol. The van der Waals surface area contributed by atoms with E-state index in [2.05, 4.69) is 15.9 Å². The van der Waals surface area contributed by atoms with Crippen LogP contribution < -0.4 is 0 Å². The van der Waals surface area contributed by atoms with E-state index in [0.29, 0.717) is 14.9 Å². The molecular weight excluding hydrogens is 294 g/mol. The van der Waals surface area contributed by atoms with Gasteiger partial charge in [-0.05, 0) is 28.1 Å². The third-order valence-electron chi connectivity index (χ3n) is 1.89. The number of rotatable bonds is 1. The summed E-state index contributed by atoms with van der Waals surface area (Å²) in [5, 5.41) is 2.27. The van der Waals surface area contributed by atoms with Gasteiger partial charge in [0.25, 0.3) is 6.43 Å². The maximum Gasteiger partial charge on any atom is 0.265 e. The Bertz CT molecular complexity index is 481. The van der Waals surface area contributed by atoms with Gasteiger partial charge in [0.15, 0.2) is 0 Å². The van der Waals surface area contributed by atoms with Gasteiger partial charge < -0.3 is 0 Å². The summed E-state index contributed by atoms with van der Waals surface area (Å²) < 4.78 is 26.6. The van der Waals surface area contributed by atoms with E-state index in [1.807, 2.05) is 0 Å². The monoisotopic (exact) mass is 296 g/mol. The van der Waals surface area contributed by atoms with Crippen molar-refractivity contribution in [3.05, 3.63) is 32.6 Å². The van der Waals surface area contributed by atoms with E-state index in [-0.39, 0.29) is 5.56 Å². The first-order chi connectivity index (χ1) is 6.61.